The van der Waals surface area contributed by atoms with Crippen LogP contribution in [-0.4, -0.2) is 31.9 Å². The number of sulfonamides is 1. The zero-order valence-corrected chi connectivity index (χ0v) is 17.1. The lowest BCUT2D eigenvalue weighted by Gasteiger charge is -2.31. The standard InChI is InChI=1S/C23H27NO3S/c1-17-8-10-22(11-9-17)28(25,26)24-14-21-13-20(21)12-18(2)23(24)16-27-15-19-6-4-3-5-7-19/h3-11,20-21,23H,2,12-16H2,1H3/t20-,21-,23-/m1/s1. The van der Waals surface area contributed by atoms with Gasteiger partial charge in [-0.3, -0.25) is 0 Å². The number of hydrogen-bond donors (Lipinski definition) is 0. The molecule has 0 aromatic heterocycles. The molecule has 2 fully saturated rings. The molecule has 28 heavy (non-hydrogen) atoms. The number of benzene rings is 2. The average molecular weight is 398 g/mol. The molecule has 1 aliphatic carbocycles. The van der Waals surface area contributed by atoms with Gasteiger partial charge in [-0.1, -0.05) is 60.2 Å². The van der Waals surface area contributed by atoms with Crippen molar-refractivity contribution in [2.45, 2.75) is 37.3 Å². The van der Waals surface area contributed by atoms with E-state index in [4.69, 9.17) is 4.74 Å². The Labute approximate surface area is 167 Å². The van der Waals surface area contributed by atoms with Crippen molar-refractivity contribution >= 4 is 10.0 Å². The van der Waals surface area contributed by atoms with Gasteiger partial charge in [0.15, 0.2) is 0 Å². The van der Waals surface area contributed by atoms with E-state index in [0.717, 1.165) is 29.5 Å². The van der Waals surface area contributed by atoms with Crippen LogP contribution in [0.25, 0.3) is 0 Å². The number of rotatable bonds is 6. The van der Waals surface area contributed by atoms with Crippen LogP contribution in [0, 0.1) is 18.8 Å². The second-order valence-corrected chi connectivity index (χ2v) is 9.91. The minimum Gasteiger partial charge on any atom is -0.375 e. The quantitative estimate of drug-likeness (QED) is 0.688. The summed E-state index contributed by atoms with van der Waals surface area (Å²) in [5, 5.41) is 0. The second kappa shape index (κ2) is 7.82. The molecule has 0 unspecified atom stereocenters. The number of fused-ring (bicyclic) bond motifs is 1. The van der Waals surface area contributed by atoms with E-state index in [2.05, 4.69) is 6.58 Å². The van der Waals surface area contributed by atoms with E-state index in [1.807, 2.05) is 49.4 Å². The summed E-state index contributed by atoms with van der Waals surface area (Å²) in [6.45, 7) is 7.56. The molecule has 4 rings (SSSR count). The van der Waals surface area contributed by atoms with Crippen molar-refractivity contribution in [3.63, 3.8) is 0 Å². The van der Waals surface area contributed by atoms with Crippen LogP contribution in [0.5, 0.6) is 0 Å². The van der Waals surface area contributed by atoms with Crippen LogP contribution < -0.4 is 0 Å². The molecule has 4 nitrogen and oxygen atoms in total. The highest BCUT2D eigenvalue weighted by atomic mass is 32.2. The predicted molar refractivity (Wildman–Crippen MR) is 110 cm³/mol. The maximum atomic E-state index is 13.4. The molecular formula is C23H27NO3S. The third kappa shape index (κ3) is 4.07. The van der Waals surface area contributed by atoms with Crippen LogP contribution in [0.15, 0.2) is 71.6 Å². The summed E-state index contributed by atoms with van der Waals surface area (Å²) in [7, 11) is -3.59. The predicted octanol–water partition coefficient (Wildman–Crippen LogP) is 4.17. The first kappa shape index (κ1) is 19.4. The zero-order chi connectivity index (χ0) is 19.7. The van der Waals surface area contributed by atoms with Crippen molar-refractivity contribution in [2.24, 2.45) is 11.8 Å². The van der Waals surface area contributed by atoms with Gasteiger partial charge in [0.05, 0.1) is 24.2 Å². The van der Waals surface area contributed by atoms with E-state index in [0.29, 0.717) is 36.5 Å². The molecule has 0 bridgehead atoms. The van der Waals surface area contributed by atoms with Crippen LogP contribution in [0.3, 0.4) is 0 Å². The maximum absolute atomic E-state index is 13.4. The van der Waals surface area contributed by atoms with Crippen molar-refractivity contribution in [1.82, 2.24) is 4.31 Å². The molecule has 0 spiro atoms. The Kier molecular flexibility index (Phi) is 5.41. The van der Waals surface area contributed by atoms with E-state index in [1.54, 1.807) is 16.4 Å². The lowest BCUT2D eigenvalue weighted by atomic mass is 10.0. The van der Waals surface area contributed by atoms with E-state index in [9.17, 15) is 8.42 Å². The van der Waals surface area contributed by atoms with Crippen molar-refractivity contribution in [3.05, 3.63) is 77.9 Å². The maximum Gasteiger partial charge on any atom is 0.243 e. The molecule has 1 heterocycles. The molecule has 3 atom stereocenters. The fourth-order valence-electron chi connectivity index (χ4n) is 3.99. The van der Waals surface area contributed by atoms with E-state index >= 15 is 0 Å². The van der Waals surface area contributed by atoms with Crippen molar-refractivity contribution in [3.8, 4) is 0 Å². The van der Waals surface area contributed by atoms with Crippen LogP contribution >= 0.6 is 0 Å². The van der Waals surface area contributed by atoms with Gasteiger partial charge in [-0.25, -0.2) is 8.42 Å². The highest BCUT2D eigenvalue weighted by Crippen LogP contribution is 2.48. The van der Waals surface area contributed by atoms with Gasteiger partial charge < -0.3 is 4.74 Å². The van der Waals surface area contributed by atoms with Crippen molar-refractivity contribution in [2.75, 3.05) is 13.2 Å². The minimum absolute atomic E-state index is 0.317. The Bertz CT molecular complexity index is 938. The van der Waals surface area contributed by atoms with E-state index in [-0.39, 0.29) is 6.04 Å². The summed E-state index contributed by atoms with van der Waals surface area (Å²) >= 11 is 0. The number of hydrogen-bond acceptors (Lipinski definition) is 3. The normalized spacial score (nSPS) is 25.2. The van der Waals surface area contributed by atoms with Crippen molar-refractivity contribution in [1.29, 1.82) is 0 Å². The first-order valence-corrected chi connectivity index (χ1v) is 11.3. The first-order chi connectivity index (χ1) is 13.4. The van der Waals surface area contributed by atoms with E-state index < -0.39 is 10.0 Å². The Morgan fingerprint density at radius 3 is 2.50 bits per heavy atom. The Morgan fingerprint density at radius 1 is 1.07 bits per heavy atom. The molecule has 2 aromatic rings. The topological polar surface area (TPSA) is 46.6 Å². The molecule has 5 heteroatoms. The van der Waals surface area contributed by atoms with Gasteiger partial charge in [0.1, 0.15) is 0 Å². The number of aryl methyl sites for hydroxylation is 1. The van der Waals surface area contributed by atoms with Gasteiger partial charge >= 0.3 is 0 Å². The lowest BCUT2D eigenvalue weighted by molar-refractivity contribution is 0.0875. The van der Waals surface area contributed by atoms with Gasteiger partial charge in [-0.2, -0.15) is 4.31 Å². The Morgan fingerprint density at radius 2 is 1.79 bits per heavy atom. The molecular weight excluding hydrogens is 370 g/mol. The van der Waals surface area contributed by atoms with Crippen LogP contribution in [0.1, 0.15) is 24.0 Å². The molecule has 0 N–H and O–H groups in total. The second-order valence-electron chi connectivity index (χ2n) is 8.02. The lowest BCUT2D eigenvalue weighted by Crippen LogP contribution is -2.44. The average Bonchev–Trinajstić information content (AvgIpc) is 3.43. The highest BCUT2D eigenvalue weighted by Gasteiger charge is 2.47. The summed E-state index contributed by atoms with van der Waals surface area (Å²) in [6, 6.07) is 16.7. The van der Waals surface area contributed by atoms with Gasteiger partial charge in [0.2, 0.25) is 10.0 Å². The monoisotopic (exact) mass is 397 g/mol. The summed E-state index contributed by atoms with van der Waals surface area (Å²) in [5.74, 6) is 1.01. The van der Waals surface area contributed by atoms with Crippen molar-refractivity contribution < 1.29 is 13.2 Å². The third-order valence-corrected chi connectivity index (χ3v) is 7.73. The number of nitrogens with zero attached hydrogens (tertiary/aromatic N) is 1. The van der Waals surface area contributed by atoms with Crippen LogP contribution in [0.2, 0.25) is 0 Å². The highest BCUT2D eigenvalue weighted by molar-refractivity contribution is 7.89. The van der Waals surface area contributed by atoms with Gasteiger partial charge in [-0.15, -0.1) is 0 Å². The van der Waals surface area contributed by atoms with Crippen LogP contribution in [0.4, 0.5) is 0 Å². The van der Waals surface area contributed by atoms with Gasteiger partial charge in [-0.05, 0) is 49.3 Å². The molecule has 2 aliphatic rings. The largest absolute Gasteiger partial charge is 0.375 e. The zero-order valence-electron chi connectivity index (χ0n) is 16.3. The van der Waals surface area contributed by atoms with E-state index in [1.165, 1.54) is 0 Å². The summed E-state index contributed by atoms with van der Waals surface area (Å²) in [5.41, 5.74) is 3.09. The SMILES string of the molecule is C=C1C[C@@H]2C[C@@H]2CN(S(=O)(=O)c2ccc(C)cc2)[C@@H]1COCc1ccccc1. The molecule has 0 amide bonds. The molecule has 1 aliphatic heterocycles. The molecule has 2 aromatic carbocycles. The summed E-state index contributed by atoms with van der Waals surface area (Å²) in [6.07, 6.45) is 1.99. The molecule has 0 radical (unpaired) electrons. The van der Waals surface area contributed by atoms with Gasteiger partial charge in [0.25, 0.3) is 0 Å². The Hall–Kier alpha value is -1.95. The summed E-state index contributed by atoms with van der Waals surface area (Å²) < 4.78 is 34.5. The fourth-order valence-corrected chi connectivity index (χ4v) is 5.68. The van der Waals surface area contributed by atoms with Gasteiger partial charge in [0, 0.05) is 6.54 Å². The fraction of sp³-hybridized carbons (Fsp3) is 0.391. The smallest absolute Gasteiger partial charge is 0.243 e. The molecule has 1 saturated heterocycles. The molecule has 1 saturated carbocycles. The minimum atomic E-state index is -3.59. The Balaban J connectivity index is 1.56. The first-order valence-electron chi connectivity index (χ1n) is 9.83. The van der Waals surface area contributed by atoms with Crippen LogP contribution in [-0.2, 0) is 21.4 Å². The number of ether oxygens (including phenoxy) is 1. The third-order valence-electron chi connectivity index (χ3n) is 5.84. The molecule has 148 valence electrons. The summed E-state index contributed by atoms with van der Waals surface area (Å²) in [4.78, 5) is 0.345.